The molecule has 0 saturated carbocycles. The van der Waals surface area contributed by atoms with Crippen LogP contribution in [-0.2, 0) is 10.0 Å². The Bertz CT molecular complexity index is 932. The maximum absolute atomic E-state index is 11.2. The van der Waals surface area contributed by atoms with Gasteiger partial charge >= 0.3 is 0 Å². The molecular weight excluding hydrogens is 328 g/mol. The average molecular weight is 344 g/mol. The second kappa shape index (κ2) is 6.25. The molecule has 0 fully saturated rings. The molecule has 0 aliphatic rings. The number of aromatic nitrogens is 2. The molecule has 7 nitrogen and oxygen atoms in total. The molecule has 0 amide bonds. The van der Waals surface area contributed by atoms with E-state index in [-0.39, 0.29) is 5.75 Å². The summed E-state index contributed by atoms with van der Waals surface area (Å²) in [6.07, 6.45) is 1.10. The number of nitrogens with one attached hydrogen (secondary N) is 3. The number of hydrogen-bond donors (Lipinski definition) is 4. The number of aromatic amines is 1. The van der Waals surface area contributed by atoms with Crippen LogP contribution < -0.4 is 10.0 Å². The Morgan fingerprint density at radius 3 is 2.25 bits per heavy atom. The molecule has 3 rings (SSSR count). The molecule has 3 aromatic rings. The zero-order valence-corrected chi connectivity index (χ0v) is 13.6. The molecule has 1 heterocycles. The van der Waals surface area contributed by atoms with Crippen molar-refractivity contribution in [1.82, 2.24) is 10.2 Å². The van der Waals surface area contributed by atoms with E-state index in [1.165, 1.54) is 0 Å². The fourth-order valence-electron chi connectivity index (χ4n) is 2.16. The van der Waals surface area contributed by atoms with Gasteiger partial charge in [-0.2, -0.15) is 5.10 Å². The van der Waals surface area contributed by atoms with Gasteiger partial charge in [-0.3, -0.25) is 9.82 Å². The Balaban J connectivity index is 1.71. The lowest BCUT2D eigenvalue weighted by Gasteiger charge is -2.06. The summed E-state index contributed by atoms with van der Waals surface area (Å²) in [5, 5.41) is 19.5. The summed E-state index contributed by atoms with van der Waals surface area (Å²) in [5.41, 5.74) is 2.99. The number of anilines is 3. The van der Waals surface area contributed by atoms with Crippen LogP contribution >= 0.6 is 0 Å². The van der Waals surface area contributed by atoms with Crippen LogP contribution in [0.5, 0.6) is 5.75 Å². The molecule has 0 aliphatic carbocycles. The van der Waals surface area contributed by atoms with E-state index in [1.807, 2.05) is 6.07 Å². The summed E-state index contributed by atoms with van der Waals surface area (Å²) in [5.74, 6) is 0.835. The minimum Gasteiger partial charge on any atom is -0.508 e. The summed E-state index contributed by atoms with van der Waals surface area (Å²) in [7, 11) is -3.28. The third-order valence-electron chi connectivity index (χ3n) is 3.22. The average Bonchev–Trinajstić information content (AvgIpc) is 2.97. The van der Waals surface area contributed by atoms with E-state index in [9.17, 15) is 13.5 Å². The van der Waals surface area contributed by atoms with E-state index in [2.05, 4.69) is 20.2 Å². The number of sulfonamides is 1. The van der Waals surface area contributed by atoms with E-state index in [0.29, 0.717) is 11.5 Å². The zero-order valence-electron chi connectivity index (χ0n) is 12.8. The van der Waals surface area contributed by atoms with E-state index in [4.69, 9.17) is 0 Å². The predicted octanol–water partition coefficient (Wildman–Crippen LogP) is 2.90. The number of phenols is 1. The summed E-state index contributed by atoms with van der Waals surface area (Å²) in [4.78, 5) is 0. The summed E-state index contributed by atoms with van der Waals surface area (Å²) >= 11 is 0. The van der Waals surface area contributed by atoms with Gasteiger partial charge in [0.05, 0.1) is 11.9 Å². The molecule has 0 radical (unpaired) electrons. The maximum atomic E-state index is 11.2. The number of hydrogen-bond acceptors (Lipinski definition) is 5. The number of aromatic hydroxyl groups is 1. The Hall–Kier alpha value is -3.00. The van der Waals surface area contributed by atoms with Crippen LogP contribution in [0, 0.1) is 0 Å². The normalized spacial score (nSPS) is 11.2. The van der Waals surface area contributed by atoms with Crippen molar-refractivity contribution >= 4 is 27.2 Å². The Kier molecular flexibility index (Phi) is 4.13. The van der Waals surface area contributed by atoms with Gasteiger partial charge in [0, 0.05) is 17.4 Å². The molecule has 124 valence electrons. The van der Waals surface area contributed by atoms with Crippen LogP contribution in [-0.4, -0.2) is 30.0 Å². The summed E-state index contributed by atoms with van der Waals surface area (Å²) < 4.78 is 24.8. The van der Waals surface area contributed by atoms with Crippen molar-refractivity contribution in [3.63, 3.8) is 0 Å². The van der Waals surface area contributed by atoms with Crippen LogP contribution in [0.3, 0.4) is 0 Å². The third kappa shape index (κ3) is 4.05. The highest BCUT2D eigenvalue weighted by Crippen LogP contribution is 2.24. The molecule has 8 heteroatoms. The lowest BCUT2D eigenvalue weighted by atomic mass is 10.1. The van der Waals surface area contributed by atoms with E-state index in [1.54, 1.807) is 48.5 Å². The number of rotatable bonds is 5. The van der Waals surface area contributed by atoms with Gasteiger partial charge in [0.1, 0.15) is 5.75 Å². The highest BCUT2D eigenvalue weighted by Gasteiger charge is 2.05. The molecule has 0 atom stereocenters. The number of benzene rings is 2. The molecule has 0 saturated heterocycles. The number of nitrogens with zero attached hydrogens (tertiary/aromatic N) is 1. The van der Waals surface area contributed by atoms with E-state index >= 15 is 0 Å². The van der Waals surface area contributed by atoms with E-state index < -0.39 is 10.0 Å². The minimum absolute atomic E-state index is 0.208. The lowest BCUT2D eigenvalue weighted by molar-refractivity contribution is 0.475. The van der Waals surface area contributed by atoms with Gasteiger partial charge in [0.15, 0.2) is 5.82 Å². The van der Waals surface area contributed by atoms with Gasteiger partial charge in [0.25, 0.3) is 0 Å². The van der Waals surface area contributed by atoms with Crippen LogP contribution in [0.25, 0.3) is 11.3 Å². The Labute approximate surface area is 139 Å². The first-order valence-corrected chi connectivity index (χ1v) is 8.98. The first kappa shape index (κ1) is 15.9. The highest BCUT2D eigenvalue weighted by atomic mass is 32.2. The van der Waals surface area contributed by atoms with Crippen molar-refractivity contribution in [2.45, 2.75) is 0 Å². The van der Waals surface area contributed by atoms with Gasteiger partial charge in [-0.1, -0.05) is 0 Å². The zero-order chi connectivity index (χ0) is 17.2. The standard InChI is InChI=1S/C16H16N4O3S/c1-24(22,23)20-13-6-4-12(5-7-13)17-16-10-15(18-19-16)11-2-8-14(21)9-3-11/h2-10,20-21H,1H3,(H2,17,18,19). The monoisotopic (exact) mass is 344 g/mol. The first-order chi connectivity index (χ1) is 11.4. The minimum atomic E-state index is -3.28. The van der Waals surface area contributed by atoms with Crippen LogP contribution in [0.15, 0.2) is 54.6 Å². The molecular formula is C16H16N4O3S. The van der Waals surface area contributed by atoms with Gasteiger partial charge in [-0.25, -0.2) is 8.42 Å². The fourth-order valence-corrected chi connectivity index (χ4v) is 2.72. The first-order valence-electron chi connectivity index (χ1n) is 7.09. The highest BCUT2D eigenvalue weighted by molar-refractivity contribution is 7.92. The maximum Gasteiger partial charge on any atom is 0.229 e. The largest absolute Gasteiger partial charge is 0.508 e. The van der Waals surface area contributed by atoms with Crippen molar-refractivity contribution in [3.05, 3.63) is 54.6 Å². The Morgan fingerprint density at radius 1 is 1.00 bits per heavy atom. The van der Waals surface area contributed by atoms with Gasteiger partial charge < -0.3 is 10.4 Å². The van der Waals surface area contributed by atoms with Gasteiger partial charge in [0.2, 0.25) is 10.0 Å². The van der Waals surface area contributed by atoms with Gasteiger partial charge in [-0.05, 0) is 54.1 Å². The number of phenolic OH excluding ortho intramolecular Hbond substituents is 1. The molecule has 24 heavy (non-hydrogen) atoms. The second-order valence-electron chi connectivity index (χ2n) is 5.29. The third-order valence-corrected chi connectivity index (χ3v) is 3.82. The lowest BCUT2D eigenvalue weighted by Crippen LogP contribution is -2.09. The predicted molar refractivity (Wildman–Crippen MR) is 93.9 cm³/mol. The molecule has 4 N–H and O–H groups in total. The second-order valence-corrected chi connectivity index (χ2v) is 7.04. The van der Waals surface area contributed by atoms with Gasteiger partial charge in [-0.15, -0.1) is 0 Å². The summed E-state index contributed by atoms with van der Waals surface area (Å²) in [6.45, 7) is 0. The molecule has 1 aromatic heterocycles. The van der Waals surface area contributed by atoms with Crippen LogP contribution in [0.4, 0.5) is 17.2 Å². The molecule has 2 aromatic carbocycles. The topological polar surface area (TPSA) is 107 Å². The summed E-state index contributed by atoms with van der Waals surface area (Å²) in [6, 6.07) is 15.5. The molecule has 0 spiro atoms. The van der Waals surface area contributed by atoms with Crippen molar-refractivity contribution < 1.29 is 13.5 Å². The van der Waals surface area contributed by atoms with Crippen molar-refractivity contribution in [2.75, 3.05) is 16.3 Å². The van der Waals surface area contributed by atoms with E-state index in [0.717, 1.165) is 23.2 Å². The van der Waals surface area contributed by atoms with Crippen molar-refractivity contribution in [1.29, 1.82) is 0 Å². The molecule has 0 unspecified atom stereocenters. The SMILES string of the molecule is CS(=O)(=O)Nc1ccc(Nc2cc(-c3ccc(O)cc3)[nH]n2)cc1. The molecule has 0 aliphatic heterocycles. The van der Waals surface area contributed by atoms with Crippen molar-refractivity contribution in [3.8, 4) is 17.0 Å². The number of H-pyrrole nitrogens is 1. The quantitative estimate of drug-likeness (QED) is 0.569. The smallest absolute Gasteiger partial charge is 0.229 e. The Morgan fingerprint density at radius 2 is 1.62 bits per heavy atom. The molecule has 0 bridgehead atoms. The van der Waals surface area contributed by atoms with Crippen molar-refractivity contribution in [2.24, 2.45) is 0 Å². The fraction of sp³-hybridized carbons (Fsp3) is 0.0625. The van der Waals surface area contributed by atoms with Crippen LogP contribution in [0.1, 0.15) is 0 Å². The van der Waals surface area contributed by atoms with Crippen LogP contribution in [0.2, 0.25) is 0 Å².